The molecule has 5 rings (SSSR count). The minimum atomic E-state index is -0.191. The summed E-state index contributed by atoms with van der Waals surface area (Å²) >= 11 is 4.01. The highest BCUT2D eigenvalue weighted by atomic mass is 79.9. The predicted molar refractivity (Wildman–Crippen MR) is 83.1 cm³/mol. The zero-order valence-electron chi connectivity index (χ0n) is 13.3. The highest BCUT2D eigenvalue weighted by Gasteiger charge is 2.84. The van der Waals surface area contributed by atoms with Gasteiger partial charge in [-0.15, -0.1) is 0 Å². The van der Waals surface area contributed by atoms with Crippen LogP contribution >= 0.6 is 15.9 Å². The fourth-order valence-corrected chi connectivity index (χ4v) is 7.60. The third-order valence-corrected chi connectivity index (χ3v) is 7.70. The van der Waals surface area contributed by atoms with Crippen molar-refractivity contribution in [3.8, 4) is 0 Å². The molecular weight excluding hydrogens is 332 g/mol. The predicted octanol–water partition coefficient (Wildman–Crippen LogP) is 3.40. The summed E-state index contributed by atoms with van der Waals surface area (Å²) in [7, 11) is 0. The lowest BCUT2D eigenvalue weighted by Crippen LogP contribution is -2.52. The van der Waals surface area contributed by atoms with Crippen molar-refractivity contribution in [2.24, 2.45) is 35.5 Å². The van der Waals surface area contributed by atoms with Gasteiger partial charge in [0.25, 0.3) is 0 Å². The van der Waals surface area contributed by atoms with Crippen molar-refractivity contribution in [2.75, 3.05) is 6.61 Å². The maximum atomic E-state index is 11.1. The van der Waals surface area contributed by atoms with Crippen LogP contribution in [-0.2, 0) is 14.3 Å². The Morgan fingerprint density at radius 2 is 1.95 bits per heavy atom. The van der Waals surface area contributed by atoms with Gasteiger partial charge >= 0.3 is 5.97 Å². The van der Waals surface area contributed by atoms with E-state index in [-0.39, 0.29) is 17.2 Å². The molecule has 5 fully saturated rings. The lowest BCUT2D eigenvalue weighted by molar-refractivity contribution is -0.170. The number of halogens is 1. The largest absolute Gasteiger partial charge is 0.466 e. The third-order valence-electron chi connectivity index (χ3n) is 6.31. The summed E-state index contributed by atoms with van der Waals surface area (Å²) in [5, 5.41) is 0. The summed E-state index contributed by atoms with van der Waals surface area (Å²) in [5.74, 6) is 4.96. The summed E-state index contributed by atoms with van der Waals surface area (Å²) in [5.41, 5.74) is -0.309. The molecule has 0 saturated heterocycles. The Morgan fingerprint density at radius 3 is 2.48 bits per heavy atom. The molecular formula is C17H25BrO3. The van der Waals surface area contributed by atoms with Crippen molar-refractivity contribution in [3.63, 3.8) is 0 Å². The van der Waals surface area contributed by atoms with E-state index in [4.69, 9.17) is 9.47 Å². The molecule has 0 radical (unpaired) electrons. The Hall–Kier alpha value is -0.0900. The monoisotopic (exact) mass is 356 g/mol. The zero-order valence-corrected chi connectivity index (χ0v) is 14.9. The van der Waals surface area contributed by atoms with Gasteiger partial charge in [-0.1, -0.05) is 15.9 Å². The van der Waals surface area contributed by atoms with E-state index in [0.29, 0.717) is 17.4 Å². The van der Waals surface area contributed by atoms with Crippen molar-refractivity contribution < 1.29 is 14.3 Å². The molecule has 5 aliphatic carbocycles. The van der Waals surface area contributed by atoms with Crippen LogP contribution in [0.15, 0.2) is 0 Å². The molecule has 6 bridgehead atoms. The van der Waals surface area contributed by atoms with E-state index in [0.717, 1.165) is 36.0 Å². The first-order chi connectivity index (χ1) is 9.76. The molecule has 0 aromatic rings. The van der Waals surface area contributed by atoms with E-state index >= 15 is 0 Å². The molecule has 5 aliphatic rings. The number of carbonyl (C=O) groups excluding carboxylic acids is 1. The Balaban J connectivity index is 1.60. The first-order valence-electron chi connectivity index (χ1n) is 8.24. The van der Waals surface area contributed by atoms with Crippen molar-refractivity contribution >= 4 is 21.9 Å². The second-order valence-electron chi connectivity index (χ2n) is 8.48. The van der Waals surface area contributed by atoms with Gasteiger partial charge < -0.3 is 9.47 Å². The van der Waals surface area contributed by atoms with E-state index in [2.05, 4.69) is 36.7 Å². The number of hydrogen-bond donors (Lipinski definition) is 0. The Kier molecular flexibility index (Phi) is 2.94. The Bertz CT molecular complexity index is 485. The Labute approximate surface area is 135 Å². The molecule has 8 atom stereocenters. The van der Waals surface area contributed by atoms with Crippen LogP contribution < -0.4 is 0 Å². The number of ether oxygens (including phenoxy) is 2. The van der Waals surface area contributed by atoms with E-state index in [9.17, 15) is 4.79 Å². The van der Waals surface area contributed by atoms with Crippen LogP contribution in [0.2, 0.25) is 0 Å². The third kappa shape index (κ3) is 1.84. The molecule has 0 aromatic carbocycles. The van der Waals surface area contributed by atoms with Crippen molar-refractivity contribution in [1.82, 2.24) is 0 Å². The van der Waals surface area contributed by atoms with E-state index < -0.39 is 0 Å². The number of carbonyl (C=O) groups is 1. The van der Waals surface area contributed by atoms with Crippen molar-refractivity contribution in [1.29, 1.82) is 0 Å². The van der Waals surface area contributed by atoms with Crippen LogP contribution in [0.25, 0.3) is 0 Å². The van der Waals surface area contributed by atoms with Gasteiger partial charge in [0.05, 0.1) is 17.8 Å². The SMILES string of the molecule is CC(=O)OCC[C@@]1(OC(C)(C)C)C2C3CC4C(C42)C3[C@@H]1Br. The number of rotatable bonds is 4. The highest BCUT2D eigenvalue weighted by molar-refractivity contribution is 9.09. The van der Waals surface area contributed by atoms with Gasteiger partial charge in [-0.05, 0) is 62.7 Å². The van der Waals surface area contributed by atoms with E-state index in [1.54, 1.807) is 0 Å². The average molecular weight is 357 g/mol. The van der Waals surface area contributed by atoms with Crippen molar-refractivity contribution in [2.45, 2.75) is 56.6 Å². The number of alkyl halides is 1. The minimum absolute atomic E-state index is 0.143. The van der Waals surface area contributed by atoms with Gasteiger partial charge in [-0.2, -0.15) is 0 Å². The van der Waals surface area contributed by atoms with Crippen LogP contribution in [0.3, 0.4) is 0 Å². The lowest BCUT2D eigenvalue weighted by Gasteiger charge is -2.45. The number of esters is 1. The van der Waals surface area contributed by atoms with Gasteiger partial charge in [0, 0.05) is 18.2 Å². The minimum Gasteiger partial charge on any atom is -0.466 e. The Morgan fingerprint density at radius 1 is 1.24 bits per heavy atom. The zero-order chi connectivity index (χ0) is 15.2. The maximum absolute atomic E-state index is 11.1. The highest BCUT2D eigenvalue weighted by Crippen LogP contribution is 2.84. The summed E-state index contributed by atoms with van der Waals surface area (Å²) in [4.78, 5) is 11.5. The molecule has 21 heavy (non-hydrogen) atoms. The molecule has 4 heteroatoms. The normalized spacial score (nSPS) is 52.3. The quantitative estimate of drug-likeness (QED) is 0.572. The smallest absolute Gasteiger partial charge is 0.302 e. The standard InChI is InChI=1S/C17H25BrO3/c1-8(19)20-6-5-17(21-16(2,3)4)14-10-7-9-11(12(9)14)13(10)15(17)18/h9-15H,5-7H2,1-4H3/t9?,10?,11?,12?,13?,14?,15-,17+/m0/s1. The molecule has 118 valence electrons. The van der Waals surface area contributed by atoms with E-state index in [1.165, 1.54) is 13.3 Å². The first kappa shape index (κ1) is 14.5. The average Bonchev–Trinajstić information content (AvgIpc) is 2.70. The van der Waals surface area contributed by atoms with Gasteiger partial charge in [-0.3, -0.25) is 4.79 Å². The van der Waals surface area contributed by atoms with Crippen LogP contribution in [0.5, 0.6) is 0 Å². The van der Waals surface area contributed by atoms with Gasteiger partial charge in [-0.25, -0.2) is 0 Å². The second-order valence-corrected chi connectivity index (χ2v) is 9.47. The van der Waals surface area contributed by atoms with Crippen LogP contribution in [0, 0.1) is 35.5 Å². The molecule has 0 amide bonds. The summed E-state index contributed by atoms with van der Waals surface area (Å²) in [6.07, 6.45) is 2.24. The first-order valence-corrected chi connectivity index (χ1v) is 9.15. The molecule has 0 N–H and O–H groups in total. The summed E-state index contributed by atoms with van der Waals surface area (Å²) < 4.78 is 11.9. The van der Waals surface area contributed by atoms with Crippen LogP contribution in [-0.4, -0.2) is 28.6 Å². The molecule has 5 saturated carbocycles. The van der Waals surface area contributed by atoms with Gasteiger partial charge in [0.2, 0.25) is 0 Å². The molecule has 0 aromatic heterocycles. The van der Waals surface area contributed by atoms with Crippen LogP contribution in [0.4, 0.5) is 0 Å². The fraction of sp³-hybridized carbons (Fsp3) is 0.941. The summed E-state index contributed by atoms with van der Waals surface area (Å²) in [6.45, 7) is 8.38. The second kappa shape index (κ2) is 4.25. The lowest BCUT2D eigenvalue weighted by atomic mass is 9.80. The summed E-state index contributed by atoms with van der Waals surface area (Å²) in [6, 6.07) is 0. The van der Waals surface area contributed by atoms with Gasteiger partial charge in [0.15, 0.2) is 0 Å². The van der Waals surface area contributed by atoms with Crippen molar-refractivity contribution in [3.05, 3.63) is 0 Å². The van der Waals surface area contributed by atoms with E-state index in [1.807, 2.05) is 0 Å². The molecule has 0 spiro atoms. The molecule has 6 unspecified atom stereocenters. The molecule has 0 heterocycles. The molecule has 3 nitrogen and oxygen atoms in total. The fourth-order valence-electron chi connectivity index (χ4n) is 6.23. The van der Waals surface area contributed by atoms with Crippen LogP contribution in [0.1, 0.15) is 40.5 Å². The maximum Gasteiger partial charge on any atom is 0.302 e. The molecule has 0 aliphatic heterocycles. The van der Waals surface area contributed by atoms with Gasteiger partial charge in [0.1, 0.15) is 0 Å². The topological polar surface area (TPSA) is 35.5 Å². The number of hydrogen-bond acceptors (Lipinski definition) is 3.